The SMILES string of the molecule is CCN=C(N)NC(C)c1cc(C)sc1C. The third-order valence-corrected chi connectivity index (χ3v) is 3.22. The molecule has 0 aliphatic heterocycles. The fraction of sp³-hybridized carbons (Fsp3) is 0.545. The summed E-state index contributed by atoms with van der Waals surface area (Å²) in [4.78, 5) is 6.79. The van der Waals surface area contributed by atoms with Crippen molar-refractivity contribution in [3.63, 3.8) is 0 Å². The topological polar surface area (TPSA) is 50.4 Å². The lowest BCUT2D eigenvalue weighted by Crippen LogP contribution is -2.33. The smallest absolute Gasteiger partial charge is 0.189 e. The molecule has 0 radical (unpaired) electrons. The summed E-state index contributed by atoms with van der Waals surface area (Å²) in [5.41, 5.74) is 7.03. The first-order chi connectivity index (χ1) is 7.04. The number of thiophene rings is 1. The Labute approximate surface area is 95.4 Å². The quantitative estimate of drug-likeness (QED) is 0.613. The van der Waals surface area contributed by atoms with Crippen molar-refractivity contribution in [3.05, 3.63) is 21.4 Å². The molecule has 0 fully saturated rings. The Morgan fingerprint density at radius 3 is 2.73 bits per heavy atom. The Kier molecular flexibility index (Phi) is 4.15. The van der Waals surface area contributed by atoms with Gasteiger partial charge in [0.05, 0.1) is 6.04 Å². The van der Waals surface area contributed by atoms with Crippen LogP contribution in [-0.4, -0.2) is 12.5 Å². The Morgan fingerprint density at radius 2 is 2.27 bits per heavy atom. The lowest BCUT2D eigenvalue weighted by atomic mass is 10.1. The fourth-order valence-electron chi connectivity index (χ4n) is 1.60. The second-order valence-corrected chi connectivity index (χ2v) is 5.05. The van der Waals surface area contributed by atoms with Gasteiger partial charge in [-0.25, -0.2) is 0 Å². The zero-order chi connectivity index (χ0) is 11.4. The van der Waals surface area contributed by atoms with Crippen LogP contribution in [0.4, 0.5) is 0 Å². The molecule has 84 valence electrons. The Morgan fingerprint density at radius 1 is 1.60 bits per heavy atom. The lowest BCUT2D eigenvalue weighted by molar-refractivity contribution is 0.707. The minimum atomic E-state index is 0.227. The summed E-state index contributed by atoms with van der Waals surface area (Å²) in [5, 5.41) is 3.19. The fourth-order valence-corrected chi connectivity index (χ4v) is 2.62. The van der Waals surface area contributed by atoms with Crippen LogP contribution >= 0.6 is 11.3 Å². The van der Waals surface area contributed by atoms with Gasteiger partial charge in [-0.1, -0.05) is 0 Å². The van der Waals surface area contributed by atoms with E-state index >= 15 is 0 Å². The zero-order valence-electron chi connectivity index (χ0n) is 9.79. The molecule has 4 heteroatoms. The summed E-state index contributed by atoms with van der Waals surface area (Å²) in [6.45, 7) is 9.05. The first-order valence-corrected chi connectivity index (χ1v) is 5.99. The zero-order valence-corrected chi connectivity index (χ0v) is 10.6. The van der Waals surface area contributed by atoms with Crippen molar-refractivity contribution in [2.24, 2.45) is 10.7 Å². The number of hydrogen-bond acceptors (Lipinski definition) is 2. The van der Waals surface area contributed by atoms with Crippen LogP contribution in [0.15, 0.2) is 11.1 Å². The van der Waals surface area contributed by atoms with Crippen LogP contribution < -0.4 is 11.1 Å². The average molecular weight is 225 g/mol. The number of aryl methyl sites for hydroxylation is 2. The van der Waals surface area contributed by atoms with E-state index in [0.29, 0.717) is 12.5 Å². The minimum absolute atomic E-state index is 0.227. The Hall–Kier alpha value is -1.03. The maximum atomic E-state index is 5.72. The van der Waals surface area contributed by atoms with E-state index < -0.39 is 0 Å². The molecule has 1 unspecified atom stereocenters. The molecule has 1 aromatic heterocycles. The maximum absolute atomic E-state index is 5.72. The summed E-state index contributed by atoms with van der Waals surface area (Å²) in [6.07, 6.45) is 0. The standard InChI is InChI=1S/C11H19N3S/c1-5-13-11(12)14-8(3)10-6-7(2)15-9(10)4/h6,8H,5H2,1-4H3,(H3,12,13,14). The van der Waals surface area contributed by atoms with Gasteiger partial charge in [0.25, 0.3) is 0 Å². The largest absolute Gasteiger partial charge is 0.370 e. The first-order valence-electron chi connectivity index (χ1n) is 5.18. The van der Waals surface area contributed by atoms with E-state index in [1.807, 2.05) is 18.3 Å². The summed E-state index contributed by atoms with van der Waals surface area (Å²) in [6, 6.07) is 2.43. The van der Waals surface area contributed by atoms with Gasteiger partial charge in [0.15, 0.2) is 5.96 Å². The molecule has 0 amide bonds. The van der Waals surface area contributed by atoms with Crippen LogP contribution in [0.5, 0.6) is 0 Å². The number of aliphatic imine (C=N–C) groups is 1. The molecular weight excluding hydrogens is 206 g/mol. The van der Waals surface area contributed by atoms with Crippen LogP contribution in [-0.2, 0) is 0 Å². The van der Waals surface area contributed by atoms with Crippen molar-refractivity contribution >= 4 is 17.3 Å². The molecule has 0 aromatic carbocycles. The van der Waals surface area contributed by atoms with Crippen LogP contribution in [0.2, 0.25) is 0 Å². The van der Waals surface area contributed by atoms with Gasteiger partial charge in [0, 0.05) is 16.3 Å². The summed E-state index contributed by atoms with van der Waals surface area (Å²) in [5.74, 6) is 0.522. The van der Waals surface area contributed by atoms with Gasteiger partial charge in [0.1, 0.15) is 0 Å². The number of nitrogens with one attached hydrogen (secondary N) is 1. The highest BCUT2D eigenvalue weighted by molar-refractivity contribution is 7.12. The molecular formula is C11H19N3S. The van der Waals surface area contributed by atoms with Gasteiger partial charge >= 0.3 is 0 Å². The van der Waals surface area contributed by atoms with Gasteiger partial charge in [-0.15, -0.1) is 11.3 Å². The minimum Gasteiger partial charge on any atom is -0.370 e. The molecule has 0 saturated heterocycles. The van der Waals surface area contributed by atoms with Gasteiger partial charge in [-0.05, 0) is 39.3 Å². The van der Waals surface area contributed by atoms with Gasteiger partial charge < -0.3 is 11.1 Å². The van der Waals surface area contributed by atoms with Gasteiger partial charge in [0.2, 0.25) is 0 Å². The average Bonchev–Trinajstić information content (AvgIpc) is 2.45. The van der Waals surface area contributed by atoms with Crippen LogP contribution in [0, 0.1) is 13.8 Å². The van der Waals surface area contributed by atoms with Gasteiger partial charge in [-0.3, -0.25) is 4.99 Å². The molecule has 0 bridgehead atoms. The molecule has 1 aromatic rings. The summed E-state index contributed by atoms with van der Waals surface area (Å²) >= 11 is 1.82. The third kappa shape index (κ3) is 3.23. The number of hydrogen-bond donors (Lipinski definition) is 2. The van der Waals surface area contributed by atoms with Crippen molar-refractivity contribution in [3.8, 4) is 0 Å². The highest BCUT2D eigenvalue weighted by atomic mass is 32.1. The van der Waals surface area contributed by atoms with Crippen molar-refractivity contribution in [1.82, 2.24) is 5.32 Å². The highest BCUT2D eigenvalue weighted by Crippen LogP contribution is 2.25. The van der Waals surface area contributed by atoms with Gasteiger partial charge in [-0.2, -0.15) is 0 Å². The van der Waals surface area contributed by atoms with E-state index in [2.05, 4.69) is 37.1 Å². The molecule has 1 atom stereocenters. The first kappa shape index (κ1) is 12.0. The highest BCUT2D eigenvalue weighted by Gasteiger charge is 2.11. The molecule has 15 heavy (non-hydrogen) atoms. The van der Waals surface area contributed by atoms with Crippen molar-refractivity contribution in [2.75, 3.05) is 6.54 Å². The molecule has 1 rings (SSSR count). The number of rotatable bonds is 3. The van der Waals surface area contributed by atoms with Crippen LogP contribution in [0.1, 0.15) is 35.2 Å². The van der Waals surface area contributed by atoms with E-state index in [1.54, 1.807) is 0 Å². The third-order valence-electron chi connectivity index (χ3n) is 2.24. The lowest BCUT2D eigenvalue weighted by Gasteiger charge is -2.14. The Bertz CT molecular complexity index is 355. The van der Waals surface area contributed by atoms with E-state index in [9.17, 15) is 0 Å². The molecule has 0 aliphatic rings. The van der Waals surface area contributed by atoms with Crippen molar-refractivity contribution in [2.45, 2.75) is 33.7 Å². The second kappa shape index (κ2) is 5.16. The molecule has 3 N–H and O–H groups in total. The monoisotopic (exact) mass is 225 g/mol. The van der Waals surface area contributed by atoms with Crippen LogP contribution in [0.3, 0.4) is 0 Å². The Balaban J connectivity index is 2.73. The normalized spacial score (nSPS) is 14.0. The summed E-state index contributed by atoms with van der Waals surface area (Å²) < 4.78 is 0. The molecule has 0 saturated carbocycles. The second-order valence-electron chi connectivity index (χ2n) is 3.59. The number of nitrogens with zero attached hydrogens (tertiary/aromatic N) is 1. The van der Waals surface area contributed by atoms with Crippen LogP contribution in [0.25, 0.3) is 0 Å². The molecule has 0 aliphatic carbocycles. The predicted octanol–water partition coefficient (Wildman–Crippen LogP) is 2.35. The van der Waals surface area contributed by atoms with E-state index in [0.717, 1.165) is 0 Å². The molecule has 3 nitrogen and oxygen atoms in total. The van der Waals surface area contributed by atoms with E-state index in [4.69, 9.17) is 5.73 Å². The molecule has 1 heterocycles. The van der Waals surface area contributed by atoms with E-state index in [-0.39, 0.29) is 6.04 Å². The molecule has 0 spiro atoms. The number of guanidine groups is 1. The van der Waals surface area contributed by atoms with Crippen molar-refractivity contribution < 1.29 is 0 Å². The maximum Gasteiger partial charge on any atom is 0.189 e. The summed E-state index contributed by atoms with van der Waals surface area (Å²) in [7, 11) is 0. The van der Waals surface area contributed by atoms with E-state index in [1.165, 1.54) is 15.3 Å². The van der Waals surface area contributed by atoms with Crippen molar-refractivity contribution in [1.29, 1.82) is 0 Å². The number of nitrogens with two attached hydrogens (primary N) is 1. The predicted molar refractivity (Wildman–Crippen MR) is 67.5 cm³/mol.